The first-order valence-electron chi connectivity index (χ1n) is 5.76. The monoisotopic (exact) mass is 272 g/mol. The fourth-order valence-electron chi connectivity index (χ4n) is 1.87. The highest BCUT2D eigenvalue weighted by Gasteiger charge is 2.28. The second kappa shape index (κ2) is 5.08. The third-order valence-electron chi connectivity index (χ3n) is 2.94. The number of rotatable bonds is 3. The molecule has 1 aromatic rings. The van der Waals surface area contributed by atoms with Gasteiger partial charge < -0.3 is 15.0 Å². The lowest BCUT2D eigenvalue weighted by molar-refractivity contribution is -0.307. The molecule has 1 aliphatic heterocycles. The first-order chi connectivity index (χ1) is 9.41. The average Bonchev–Trinajstić information content (AvgIpc) is 2.38. The lowest BCUT2D eigenvalue weighted by atomic mass is 9.93. The number of carboxylic acids is 1. The minimum absolute atomic E-state index is 0.0591. The van der Waals surface area contributed by atoms with Gasteiger partial charge in [0.1, 0.15) is 5.75 Å². The number of carbonyl (C=O) groups is 3. The molecule has 1 heterocycles. The molecule has 0 aliphatic carbocycles. The molecular weight excluding hydrogens is 262 g/mol. The Bertz CT molecular complexity index is 672. The molecular formula is C14H10NO5-. The molecule has 1 aromatic carbocycles. The van der Waals surface area contributed by atoms with E-state index in [4.69, 9.17) is 0 Å². The first-order valence-corrected chi connectivity index (χ1v) is 5.76. The number of aromatic hydroxyl groups is 1. The van der Waals surface area contributed by atoms with Crippen LogP contribution in [0.2, 0.25) is 0 Å². The van der Waals surface area contributed by atoms with Gasteiger partial charge in [0, 0.05) is 5.71 Å². The summed E-state index contributed by atoms with van der Waals surface area (Å²) in [5, 5.41) is 20.5. The molecule has 1 aliphatic rings. The Morgan fingerprint density at radius 3 is 2.55 bits per heavy atom. The van der Waals surface area contributed by atoms with Gasteiger partial charge in [0.15, 0.2) is 0 Å². The van der Waals surface area contributed by atoms with Crippen molar-refractivity contribution < 1.29 is 24.6 Å². The zero-order valence-electron chi connectivity index (χ0n) is 10.5. The fraction of sp³-hybridized carbons (Fsp3) is 0.143. The van der Waals surface area contributed by atoms with Crippen LogP contribution in [-0.4, -0.2) is 28.5 Å². The van der Waals surface area contributed by atoms with E-state index in [1.54, 1.807) is 0 Å². The van der Waals surface area contributed by atoms with Crippen molar-refractivity contribution in [2.45, 2.75) is 6.92 Å². The van der Waals surface area contributed by atoms with Gasteiger partial charge in [-0.2, -0.15) is 0 Å². The summed E-state index contributed by atoms with van der Waals surface area (Å²) >= 11 is 0. The van der Waals surface area contributed by atoms with Gasteiger partial charge in [-0.3, -0.25) is 9.59 Å². The Morgan fingerprint density at radius 2 is 1.95 bits per heavy atom. The summed E-state index contributed by atoms with van der Waals surface area (Å²) in [5.41, 5.74) is -0.408. The van der Waals surface area contributed by atoms with E-state index in [2.05, 4.69) is 4.99 Å². The van der Waals surface area contributed by atoms with E-state index in [1.807, 2.05) is 0 Å². The van der Waals surface area contributed by atoms with Crippen LogP contribution in [0.3, 0.4) is 0 Å². The standard InChI is InChI=1S/C14H11NO5/c1-7-9(14(19)20)6-10(13(18)15-7)12(17)8-4-2-3-5-11(8)16/h2-6,9,16H,1H3,(H,19,20)/p-1. The zero-order valence-corrected chi connectivity index (χ0v) is 10.5. The largest absolute Gasteiger partial charge is 0.549 e. The summed E-state index contributed by atoms with van der Waals surface area (Å²) in [6.07, 6.45) is 1.01. The van der Waals surface area contributed by atoms with Crippen molar-refractivity contribution in [2.24, 2.45) is 10.9 Å². The Hall–Kier alpha value is -2.76. The molecule has 1 unspecified atom stereocenters. The number of hydrogen-bond acceptors (Lipinski definition) is 5. The molecule has 6 nitrogen and oxygen atoms in total. The van der Waals surface area contributed by atoms with Gasteiger partial charge in [-0.25, -0.2) is 4.99 Å². The molecule has 0 spiro atoms. The quantitative estimate of drug-likeness (QED) is 0.609. The number of aliphatic carboxylic acids is 1. The Balaban J connectivity index is 2.44. The number of amides is 1. The van der Waals surface area contributed by atoms with Crippen LogP contribution in [-0.2, 0) is 9.59 Å². The summed E-state index contributed by atoms with van der Waals surface area (Å²) < 4.78 is 0. The number of hydrogen-bond donors (Lipinski definition) is 1. The Morgan fingerprint density at radius 1 is 1.30 bits per heavy atom. The number of carboxylic acid groups (broad SMARTS) is 1. The number of benzene rings is 1. The van der Waals surface area contributed by atoms with Crippen molar-refractivity contribution in [1.29, 1.82) is 0 Å². The number of ketones is 1. The van der Waals surface area contributed by atoms with Gasteiger partial charge in [-0.15, -0.1) is 0 Å². The number of nitrogens with zero attached hydrogens (tertiary/aromatic N) is 1. The summed E-state index contributed by atoms with van der Waals surface area (Å²) in [4.78, 5) is 38.4. The minimum Gasteiger partial charge on any atom is -0.549 e. The van der Waals surface area contributed by atoms with Gasteiger partial charge in [0.2, 0.25) is 5.78 Å². The van der Waals surface area contributed by atoms with Gasteiger partial charge in [0.25, 0.3) is 5.91 Å². The third kappa shape index (κ3) is 2.35. The van der Waals surface area contributed by atoms with Crippen LogP contribution in [0.15, 0.2) is 40.9 Å². The van der Waals surface area contributed by atoms with Crippen LogP contribution in [0.25, 0.3) is 0 Å². The Kier molecular flexibility index (Phi) is 3.47. The number of Topliss-reactive ketones (excluding diaryl/α,β-unsaturated/α-hetero) is 1. The van der Waals surface area contributed by atoms with E-state index < -0.39 is 23.6 Å². The zero-order chi connectivity index (χ0) is 14.9. The predicted octanol–water partition coefficient (Wildman–Crippen LogP) is -0.132. The molecule has 0 saturated heterocycles. The van der Waals surface area contributed by atoms with Gasteiger partial charge in [-0.1, -0.05) is 18.2 Å². The van der Waals surface area contributed by atoms with Crippen LogP contribution < -0.4 is 5.11 Å². The van der Waals surface area contributed by atoms with E-state index in [1.165, 1.54) is 31.2 Å². The highest BCUT2D eigenvalue weighted by Crippen LogP contribution is 2.23. The fourth-order valence-corrected chi connectivity index (χ4v) is 1.87. The molecule has 0 aromatic heterocycles. The normalized spacial score (nSPS) is 18.2. The highest BCUT2D eigenvalue weighted by molar-refractivity contribution is 6.30. The molecule has 20 heavy (non-hydrogen) atoms. The molecule has 0 fully saturated rings. The van der Waals surface area contributed by atoms with E-state index in [0.717, 1.165) is 6.08 Å². The number of phenolic OH excluding ortho intramolecular Hbond substituents is 1. The van der Waals surface area contributed by atoms with Crippen molar-refractivity contribution in [3.05, 3.63) is 41.5 Å². The second-order valence-corrected chi connectivity index (χ2v) is 4.28. The van der Waals surface area contributed by atoms with Crippen LogP contribution in [0.5, 0.6) is 5.75 Å². The third-order valence-corrected chi connectivity index (χ3v) is 2.94. The maximum Gasteiger partial charge on any atom is 0.280 e. The van der Waals surface area contributed by atoms with Crippen LogP contribution in [0.4, 0.5) is 0 Å². The van der Waals surface area contributed by atoms with E-state index in [-0.39, 0.29) is 22.6 Å². The maximum absolute atomic E-state index is 12.2. The van der Waals surface area contributed by atoms with Crippen molar-refractivity contribution in [3.63, 3.8) is 0 Å². The van der Waals surface area contributed by atoms with Crippen molar-refractivity contribution >= 4 is 23.4 Å². The number of phenols is 1. The highest BCUT2D eigenvalue weighted by atomic mass is 16.4. The van der Waals surface area contributed by atoms with E-state index >= 15 is 0 Å². The minimum atomic E-state index is -1.44. The topological polar surface area (TPSA) is 107 Å². The molecule has 1 atom stereocenters. The summed E-state index contributed by atoms with van der Waals surface area (Å²) in [5.74, 6) is -4.55. The summed E-state index contributed by atoms with van der Waals surface area (Å²) in [6, 6.07) is 5.68. The maximum atomic E-state index is 12.2. The predicted molar refractivity (Wildman–Crippen MR) is 67.1 cm³/mol. The molecule has 6 heteroatoms. The van der Waals surface area contributed by atoms with Gasteiger partial charge in [-0.05, 0) is 19.1 Å². The Labute approximate surface area is 114 Å². The van der Waals surface area contributed by atoms with Crippen LogP contribution >= 0.6 is 0 Å². The van der Waals surface area contributed by atoms with E-state index in [9.17, 15) is 24.6 Å². The van der Waals surface area contributed by atoms with Crippen LogP contribution in [0, 0.1) is 5.92 Å². The van der Waals surface area contributed by atoms with Crippen LogP contribution in [0.1, 0.15) is 17.3 Å². The molecule has 1 amide bonds. The molecule has 1 N–H and O–H groups in total. The van der Waals surface area contributed by atoms with Crippen molar-refractivity contribution in [3.8, 4) is 5.75 Å². The first kappa shape index (κ1) is 13.7. The molecule has 0 bridgehead atoms. The second-order valence-electron chi connectivity index (χ2n) is 4.28. The average molecular weight is 272 g/mol. The summed E-state index contributed by atoms with van der Waals surface area (Å²) in [6.45, 7) is 1.37. The number of aliphatic imine (C=N–C) groups is 1. The van der Waals surface area contributed by atoms with E-state index in [0.29, 0.717) is 0 Å². The van der Waals surface area contributed by atoms with Crippen molar-refractivity contribution in [2.75, 3.05) is 0 Å². The smallest absolute Gasteiger partial charge is 0.280 e. The van der Waals surface area contributed by atoms with Crippen molar-refractivity contribution in [1.82, 2.24) is 0 Å². The molecule has 0 radical (unpaired) electrons. The number of dihydropyridines is 1. The van der Waals surface area contributed by atoms with Gasteiger partial charge in [0.05, 0.1) is 23.0 Å². The molecule has 102 valence electrons. The molecule has 2 rings (SSSR count). The lowest BCUT2D eigenvalue weighted by Crippen LogP contribution is -2.37. The lowest BCUT2D eigenvalue weighted by Gasteiger charge is -2.19. The van der Waals surface area contributed by atoms with Gasteiger partial charge >= 0.3 is 0 Å². The number of para-hydroxylation sites is 1. The summed E-state index contributed by atoms with van der Waals surface area (Å²) in [7, 11) is 0. The molecule has 0 saturated carbocycles. The SMILES string of the molecule is CC1=NC(=O)C(C(=O)c2ccccc2O)=CC1C(=O)[O-]. The number of carbonyl (C=O) groups excluding carboxylic acids is 3.